The second kappa shape index (κ2) is 7.47. The lowest BCUT2D eigenvalue weighted by Crippen LogP contribution is -2.14. The summed E-state index contributed by atoms with van der Waals surface area (Å²) < 4.78 is 0. The molecule has 0 saturated carbocycles. The van der Waals surface area contributed by atoms with Crippen molar-refractivity contribution in [2.75, 3.05) is 0 Å². The molecule has 0 fully saturated rings. The molecule has 0 spiro atoms. The van der Waals surface area contributed by atoms with Crippen LogP contribution in [-0.4, -0.2) is 16.6 Å². The summed E-state index contributed by atoms with van der Waals surface area (Å²) in [5, 5.41) is 0. The number of carbonyl (C=O) groups excluding carboxylic acids is 2. The molecule has 1 aromatic heterocycles. The Hall–Kier alpha value is -3.07. The Labute approximate surface area is 141 Å². The van der Waals surface area contributed by atoms with E-state index in [0.29, 0.717) is 5.56 Å². The molecule has 0 atom stereocenters. The quantitative estimate of drug-likeness (QED) is 0.647. The molecule has 0 radical (unpaired) electrons. The second-order valence-electron chi connectivity index (χ2n) is 5.57. The van der Waals surface area contributed by atoms with Crippen LogP contribution in [0.2, 0.25) is 0 Å². The van der Waals surface area contributed by atoms with Crippen molar-refractivity contribution in [2.24, 2.45) is 0 Å². The molecule has 0 saturated heterocycles. The normalized spacial score (nSPS) is 10.3. The number of Topliss-reactive ketones (excluding diaryl/α,β-unsaturated/α-hetero) is 2. The molecule has 3 rings (SSSR count). The maximum absolute atomic E-state index is 12.6. The zero-order chi connectivity index (χ0) is 16.8. The summed E-state index contributed by atoms with van der Waals surface area (Å²) in [6.07, 6.45) is 2.05. The van der Waals surface area contributed by atoms with Crippen LogP contribution in [-0.2, 0) is 12.8 Å². The molecular formula is C21H17NO2. The van der Waals surface area contributed by atoms with E-state index in [-0.39, 0.29) is 30.1 Å². The van der Waals surface area contributed by atoms with Gasteiger partial charge in [-0.3, -0.25) is 14.6 Å². The van der Waals surface area contributed by atoms with E-state index >= 15 is 0 Å². The molecule has 0 bridgehead atoms. The third kappa shape index (κ3) is 3.82. The number of pyridine rings is 1. The first-order valence-electron chi connectivity index (χ1n) is 7.83. The monoisotopic (exact) mass is 315 g/mol. The van der Waals surface area contributed by atoms with Crippen molar-refractivity contribution in [1.29, 1.82) is 0 Å². The average molecular weight is 315 g/mol. The molecule has 118 valence electrons. The minimum atomic E-state index is -0.141. The molecule has 3 nitrogen and oxygen atoms in total. The minimum absolute atomic E-state index is 0.0919. The Bertz CT molecular complexity index is 769. The van der Waals surface area contributed by atoms with E-state index in [0.717, 1.165) is 11.1 Å². The lowest BCUT2D eigenvalue weighted by Gasteiger charge is -2.07. The van der Waals surface area contributed by atoms with Crippen molar-refractivity contribution in [3.05, 3.63) is 101 Å². The fourth-order valence-electron chi connectivity index (χ4n) is 2.59. The number of benzene rings is 2. The molecule has 3 aromatic rings. The highest BCUT2D eigenvalue weighted by molar-refractivity contribution is 6.08. The van der Waals surface area contributed by atoms with E-state index in [1.165, 1.54) is 0 Å². The number of rotatable bonds is 6. The van der Waals surface area contributed by atoms with Gasteiger partial charge >= 0.3 is 0 Å². The zero-order valence-corrected chi connectivity index (χ0v) is 13.2. The van der Waals surface area contributed by atoms with Crippen LogP contribution in [0.3, 0.4) is 0 Å². The van der Waals surface area contributed by atoms with Gasteiger partial charge in [-0.05, 0) is 23.3 Å². The van der Waals surface area contributed by atoms with Crippen molar-refractivity contribution >= 4 is 11.6 Å². The summed E-state index contributed by atoms with van der Waals surface area (Å²) in [6.45, 7) is 0. The molecule has 0 aliphatic rings. The maximum atomic E-state index is 12.6. The van der Waals surface area contributed by atoms with Crippen LogP contribution in [0.1, 0.15) is 32.0 Å². The molecule has 24 heavy (non-hydrogen) atoms. The largest absolute Gasteiger partial charge is 0.294 e. The van der Waals surface area contributed by atoms with Gasteiger partial charge in [0.05, 0.1) is 0 Å². The van der Waals surface area contributed by atoms with E-state index in [4.69, 9.17) is 0 Å². The first-order chi connectivity index (χ1) is 11.7. The lowest BCUT2D eigenvalue weighted by atomic mass is 9.98. The van der Waals surface area contributed by atoms with E-state index < -0.39 is 0 Å². The molecule has 0 aliphatic carbocycles. The molecule has 3 heteroatoms. The smallest absolute Gasteiger partial charge is 0.186 e. The third-order valence-electron chi connectivity index (χ3n) is 3.79. The van der Waals surface area contributed by atoms with Crippen molar-refractivity contribution in [3.8, 4) is 0 Å². The SMILES string of the molecule is O=C(Cc1ccccc1)c1cccnc1C(=O)Cc1ccccc1. The number of nitrogens with zero attached hydrogens (tertiary/aromatic N) is 1. The fourth-order valence-corrected chi connectivity index (χ4v) is 2.59. The molecule has 0 unspecified atom stereocenters. The van der Waals surface area contributed by atoms with Crippen molar-refractivity contribution in [2.45, 2.75) is 12.8 Å². The first kappa shape index (κ1) is 15.8. The van der Waals surface area contributed by atoms with Gasteiger partial charge in [0.15, 0.2) is 11.6 Å². The Morgan fingerprint density at radius 3 is 1.79 bits per heavy atom. The van der Waals surface area contributed by atoms with Crippen LogP contribution in [0.4, 0.5) is 0 Å². The summed E-state index contributed by atoms with van der Waals surface area (Å²) in [6, 6.07) is 22.4. The summed E-state index contributed by atoms with van der Waals surface area (Å²) in [5.74, 6) is -0.232. The summed E-state index contributed by atoms with van der Waals surface area (Å²) in [5.41, 5.74) is 2.48. The maximum Gasteiger partial charge on any atom is 0.186 e. The van der Waals surface area contributed by atoms with Gasteiger partial charge in [0.2, 0.25) is 0 Å². The Balaban J connectivity index is 1.82. The van der Waals surface area contributed by atoms with Crippen LogP contribution in [0.5, 0.6) is 0 Å². The molecule has 2 aromatic carbocycles. The Kier molecular flexibility index (Phi) is 4.92. The lowest BCUT2D eigenvalue weighted by molar-refractivity contribution is 0.0956. The summed E-state index contributed by atoms with van der Waals surface area (Å²) in [7, 11) is 0. The van der Waals surface area contributed by atoms with Crippen molar-refractivity contribution in [1.82, 2.24) is 4.98 Å². The van der Waals surface area contributed by atoms with Crippen LogP contribution >= 0.6 is 0 Å². The van der Waals surface area contributed by atoms with Gasteiger partial charge in [0, 0.05) is 24.6 Å². The predicted octanol–water partition coefficient (Wildman–Crippen LogP) is 3.93. The first-order valence-corrected chi connectivity index (χ1v) is 7.83. The number of ketones is 2. The standard InChI is InChI=1S/C21H17NO2/c23-19(14-16-8-3-1-4-9-16)18-12-7-13-22-21(18)20(24)15-17-10-5-2-6-11-17/h1-13H,14-15H2. The number of hydrogen-bond acceptors (Lipinski definition) is 3. The van der Waals surface area contributed by atoms with Crippen LogP contribution in [0.25, 0.3) is 0 Å². The van der Waals surface area contributed by atoms with Gasteiger partial charge in [-0.15, -0.1) is 0 Å². The van der Waals surface area contributed by atoms with E-state index in [1.807, 2.05) is 60.7 Å². The molecule has 1 heterocycles. The molecule has 0 aliphatic heterocycles. The minimum Gasteiger partial charge on any atom is -0.294 e. The van der Waals surface area contributed by atoms with E-state index in [2.05, 4.69) is 4.98 Å². The zero-order valence-electron chi connectivity index (χ0n) is 13.2. The van der Waals surface area contributed by atoms with Crippen molar-refractivity contribution < 1.29 is 9.59 Å². The highest BCUT2D eigenvalue weighted by Crippen LogP contribution is 2.14. The van der Waals surface area contributed by atoms with E-state index in [9.17, 15) is 9.59 Å². The Morgan fingerprint density at radius 2 is 1.21 bits per heavy atom. The van der Waals surface area contributed by atoms with Gasteiger partial charge in [-0.25, -0.2) is 0 Å². The van der Waals surface area contributed by atoms with Crippen LogP contribution in [0.15, 0.2) is 79.0 Å². The topological polar surface area (TPSA) is 47.0 Å². The van der Waals surface area contributed by atoms with Gasteiger partial charge in [-0.2, -0.15) is 0 Å². The van der Waals surface area contributed by atoms with E-state index in [1.54, 1.807) is 18.3 Å². The van der Waals surface area contributed by atoms with Gasteiger partial charge in [0.25, 0.3) is 0 Å². The number of carbonyl (C=O) groups is 2. The highest BCUT2D eigenvalue weighted by atomic mass is 16.1. The van der Waals surface area contributed by atoms with Gasteiger partial charge < -0.3 is 0 Å². The summed E-state index contributed by atoms with van der Waals surface area (Å²) in [4.78, 5) is 29.3. The van der Waals surface area contributed by atoms with Crippen molar-refractivity contribution in [3.63, 3.8) is 0 Å². The highest BCUT2D eigenvalue weighted by Gasteiger charge is 2.18. The van der Waals surface area contributed by atoms with Gasteiger partial charge in [-0.1, -0.05) is 60.7 Å². The van der Waals surface area contributed by atoms with Crippen LogP contribution < -0.4 is 0 Å². The van der Waals surface area contributed by atoms with Gasteiger partial charge in [0.1, 0.15) is 5.69 Å². The average Bonchev–Trinajstić information content (AvgIpc) is 2.63. The molecular weight excluding hydrogens is 298 g/mol. The molecule has 0 N–H and O–H groups in total. The number of aromatic nitrogens is 1. The van der Waals surface area contributed by atoms with Crippen LogP contribution in [0, 0.1) is 0 Å². The fraction of sp³-hybridized carbons (Fsp3) is 0.0952. The summed E-state index contributed by atoms with van der Waals surface area (Å²) >= 11 is 0. The second-order valence-corrected chi connectivity index (χ2v) is 5.57. The third-order valence-corrected chi connectivity index (χ3v) is 3.79. The molecule has 0 amide bonds. The predicted molar refractivity (Wildman–Crippen MR) is 93.2 cm³/mol. The number of hydrogen-bond donors (Lipinski definition) is 0. The Morgan fingerprint density at radius 1 is 0.667 bits per heavy atom.